The molecule has 1 amide bonds. The van der Waals surface area contributed by atoms with E-state index in [0.29, 0.717) is 29.2 Å². The maximum Gasteiger partial charge on any atom is 0.254 e. The van der Waals surface area contributed by atoms with Gasteiger partial charge in [-0.2, -0.15) is 0 Å². The average Bonchev–Trinajstić information content (AvgIpc) is 3.51. The molecule has 0 atom stereocenters. The Morgan fingerprint density at radius 1 is 1.00 bits per heavy atom. The summed E-state index contributed by atoms with van der Waals surface area (Å²) in [6, 6.07) is 21.0. The highest BCUT2D eigenvalue weighted by atomic mass is 32.1. The minimum atomic E-state index is -0.0777. The zero-order chi connectivity index (χ0) is 24.2. The fourth-order valence-electron chi connectivity index (χ4n) is 4.31. The molecule has 6 heteroatoms. The first kappa shape index (κ1) is 23.0. The molecule has 0 saturated heterocycles. The third kappa shape index (κ3) is 5.17. The minimum Gasteiger partial charge on any atom is -0.455 e. The number of fused-ring (bicyclic) bond motifs is 1. The number of benzene rings is 2. The molecule has 0 aliphatic heterocycles. The van der Waals surface area contributed by atoms with Gasteiger partial charge in [-0.25, -0.2) is 4.99 Å². The second kappa shape index (κ2) is 10.2. The van der Waals surface area contributed by atoms with Gasteiger partial charge in [0, 0.05) is 22.5 Å². The normalized spacial score (nSPS) is 13.1. The van der Waals surface area contributed by atoms with Gasteiger partial charge < -0.3 is 9.73 Å². The van der Waals surface area contributed by atoms with Gasteiger partial charge in [0.25, 0.3) is 5.91 Å². The number of carbonyl (C=O) groups is 2. The van der Waals surface area contributed by atoms with Crippen molar-refractivity contribution < 1.29 is 14.0 Å². The number of Topliss-reactive ketones (excluding diaryl/α,β-unsaturated/α-hetero) is 1. The highest BCUT2D eigenvalue weighted by Crippen LogP contribution is 2.40. The molecule has 2 aromatic heterocycles. The maximum atomic E-state index is 13.2. The lowest BCUT2D eigenvalue weighted by molar-refractivity contribution is 0.0950. The van der Waals surface area contributed by atoms with Crippen LogP contribution < -0.4 is 5.32 Å². The van der Waals surface area contributed by atoms with Gasteiger partial charge in [-0.3, -0.25) is 9.59 Å². The summed E-state index contributed by atoms with van der Waals surface area (Å²) in [6.07, 6.45) is 5.83. The van der Waals surface area contributed by atoms with Gasteiger partial charge in [0.1, 0.15) is 16.5 Å². The van der Waals surface area contributed by atoms with Crippen LogP contribution in [-0.2, 0) is 19.4 Å². The SMILES string of the molecule is CC(=O)c1ccc(-c2ccc(C=Nc3sc4c(c3C(=O)NCc3ccccc3)CCCC4)o2)cc1. The molecule has 1 aliphatic rings. The Hall–Kier alpha value is -3.77. The fourth-order valence-corrected chi connectivity index (χ4v) is 5.54. The molecule has 35 heavy (non-hydrogen) atoms. The molecule has 176 valence electrons. The number of hydrogen-bond acceptors (Lipinski definition) is 5. The molecule has 0 saturated carbocycles. The molecule has 0 spiro atoms. The summed E-state index contributed by atoms with van der Waals surface area (Å²) in [5.74, 6) is 1.27. The second-order valence-electron chi connectivity index (χ2n) is 8.65. The molecule has 1 N–H and O–H groups in total. The van der Waals surface area contributed by atoms with Gasteiger partial charge in [0.05, 0.1) is 11.8 Å². The molecule has 4 aromatic rings. The summed E-state index contributed by atoms with van der Waals surface area (Å²) in [5.41, 5.74) is 4.46. The van der Waals surface area contributed by atoms with E-state index in [1.54, 1.807) is 36.6 Å². The molecule has 1 aliphatic carbocycles. The molecule has 5 rings (SSSR count). The molecule has 0 fully saturated rings. The number of nitrogens with zero attached hydrogens (tertiary/aromatic N) is 1. The van der Waals surface area contributed by atoms with Crippen LogP contribution in [0, 0.1) is 0 Å². The average molecular weight is 483 g/mol. The predicted molar refractivity (Wildman–Crippen MR) is 140 cm³/mol. The third-order valence-electron chi connectivity index (χ3n) is 6.19. The van der Waals surface area contributed by atoms with Crippen LogP contribution in [0.2, 0.25) is 0 Å². The summed E-state index contributed by atoms with van der Waals surface area (Å²) in [6.45, 7) is 2.03. The summed E-state index contributed by atoms with van der Waals surface area (Å²) in [4.78, 5) is 30.7. The Kier molecular flexibility index (Phi) is 6.73. The van der Waals surface area contributed by atoms with E-state index in [4.69, 9.17) is 9.41 Å². The van der Waals surface area contributed by atoms with Gasteiger partial charge in [0.15, 0.2) is 5.78 Å². The Labute approximate surface area is 208 Å². The molecule has 0 unspecified atom stereocenters. The first-order valence-corrected chi connectivity index (χ1v) is 12.6. The fraction of sp³-hybridized carbons (Fsp3) is 0.207. The standard InChI is InChI=1S/C29H26N2O3S/c1-19(32)21-11-13-22(14-12-21)25-16-15-23(34-25)18-31-29-27(24-9-5-6-10-26(24)35-29)28(33)30-17-20-7-3-2-4-8-20/h2-4,7-8,11-16,18H,5-6,9-10,17H2,1H3,(H,30,33). The number of ketones is 1. The van der Waals surface area contributed by atoms with Crippen LogP contribution in [0.3, 0.4) is 0 Å². The quantitative estimate of drug-likeness (QED) is 0.233. The van der Waals surface area contributed by atoms with Gasteiger partial charge in [-0.15, -0.1) is 11.3 Å². The minimum absolute atomic E-state index is 0.0334. The van der Waals surface area contributed by atoms with Crippen molar-refractivity contribution in [1.82, 2.24) is 5.32 Å². The van der Waals surface area contributed by atoms with Crippen molar-refractivity contribution in [2.24, 2.45) is 4.99 Å². The van der Waals surface area contributed by atoms with Crippen molar-refractivity contribution in [1.29, 1.82) is 0 Å². The van der Waals surface area contributed by atoms with Crippen molar-refractivity contribution in [2.75, 3.05) is 0 Å². The van der Waals surface area contributed by atoms with Gasteiger partial charge >= 0.3 is 0 Å². The Bertz CT molecular complexity index is 1380. The number of amides is 1. The van der Waals surface area contributed by atoms with Crippen LogP contribution in [0.15, 0.2) is 76.1 Å². The number of thiophene rings is 1. The van der Waals surface area contributed by atoms with Crippen molar-refractivity contribution in [3.63, 3.8) is 0 Å². The topological polar surface area (TPSA) is 71.7 Å². The number of rotatable bonds is 7. The van der Waals surface area contributed by atoms with Gasteiger partial charge in [-0.1, -0.05) is 54.6 Å². The number of nitrogens with one attached hydrogen (secondary N) is 1. The summed E-state index contributed by atoms with van der Waals surface area (Å²) < 4.78 is 5.97. The molecular weight excluding hydrogens is 456 g/mol. The van der Waals surface area contributed by atoms with E-state index in [9.17, 15) is 9.59 Å². The van der Waals surface area contributed by atoms with Crippen LogP contribution in [0.4, 0.5) is 5.00 Å². The van der Waals surface area contributed by atoms with Crippen molar-refractivity contribution in [2.45, 2.75) is 39.2 Å². The van der Waals surface area contributed by atoms with Crippen molar-refractivity contribution in [3.8, 4) is 11.3 Å². The zero-order valence-corrected chi connectivity index (χ0v) is 20.4. The van der Waals surface area contributed by atoms with Crippen LogP contribution in [-0.4, -0.2) is 17.9 Å². The number of aliphatic imine (C=N–C) groups is 1. The lowest BCUT2D eigenvalue weighted by Crippen LogP contribution is -2.24. The van der Waals surface area contributed by atoms with E-state index in [1.807, 2.05) is 54.6 Å². The lowest BCUT2D eigenvalue weighted by atomic mass is 9.95. The number of carbonyl (C=O) groups excluding carboxylic acids is 2. The largest absolute Gasteiger partial charge is 0.455 e. The summed E-state index contributed by atoms with van der Waals surface area (Å²) >= 11 is 1.61. The molecule has 0 bridgehead atoms. The zero-order valence-electron chi connectivity index (χ0n) is 19.5. The monoisotopic (exact) mass is 482 g/mol. The molecule has 2 aromatic carbocycles. The Morgan fingerprint density at radius 3 is 2.54 bits per heavy atom. The van der Waals surface area contributed by atoms with Crippen molar-refractivity contribution in [3.05, 3.63) is 99.6 Å². The Morgan fingerprint density at radius 2 is 1.77 bits per heavy atom. The Balaban J connectivity index is 1.37. The van der Waals surface area contributed by atoms with Crippen LogP contribution in [0.25, 0.3) is 11.3 Å². The van der Waals surface area contributed by atoms with Gasteiger partial charge in [-0.05, 0) is 55.9 Å². The molecule has 0 radical (unpaired) electrons. The van der Waals surface area contributed by atoms with Crippen LogP contribution >= 0.6 is 11.3 Å². The number of aryl methyl sites for hydroxylation is 1. The van der Waals surface area contributed by atoms with Crippen molar-refractivity contribution >= 4 is 34.2 Å². The first-order valence-electron chi connectivity index (χ1n) is 11.8. The van der Waals surface area contributed by atoms with Gasteiger partial charge in [0.2, 0.25) is 0 Å². The van der Waals surface area contributed by atoms with E-state index in [1.165, 1.54) is 4.88 Å². The maximum absolute atomic E-state index is 13.2. The van der Waals surface area contributed by atoms with Crippen LogP contribution in [0.1, 0.15) is 62.2 Å². The molecule has 2 heterocycles. The highest BCUT2D eigenvalue weighted by molar-refractivity contribution is 7.16. The summed E-state index contributed by atoms with van der Waals surface area (Å²) in [5, 5.41) is 3.80. The third-order valence-corrected chi connectivity index (χ3v) is 7.39. The van der Waals surface area contributed by atoms with E-state index in [-0.39, 0.29) is 11.7 Å². The second-order valence-corrected chi connectivity index (χ2v) is 9.74. The van der Waals surface area contributed by atoms with E-state index in [0.717, 1.165) is 47.4 Å². The molecule has 5 nitrogen and oxygen atoms in total. The van der Waals surface area contributed by atoms with E-state index < -0.39 is 0 Å². The number of furan rings is 1. The van der Waals surface area contributed by atoms with E-state index in [2.05, 4.69) is 5.32 Å². The number of hydrogen-bond donors (Lipinski definition) is 1. The van der Waals surface area contributed by atoms with Crippen LogP contribution in [0.5, 0.6) is 0 Å². The summed E-state index contributed by atoms with van der Waals surface area (Å²) in [7, 11) is 0. The molecular formula is C29H26N2O3S. The lowest BCUT2D eigenvalue weighted by Gasteiger charge is -2.12. The highest BCUT2D eigenvalue weighted by Gasteiger charge is 2.25. The first-order chi connectivity index (χ1) is 17.1. The smallest absolute Gasteiger partial charge is 0.254 e. The predicted octanol–water partition coefficient (Wildman–Crippen LogP) is 6.77. The van der Waals surface area contributed by atoms with E-state index >= 15 is 0 Å².